The number of carboxylic acid groups (broad SMARTS) is 1. The summed E-state index contributed by atoms with van der Waals surface area (Å²) in [6.07, 6.45) is 3.63. The lowest BCUT2D eigenvalue weighted by Gasteiger charge is -2.23. The molecule has 0 aliphatic rings. The van der Waals surface area contributed by atoms with Crippen LogP contribution in [0.25, 0.3) is 9.69 Å². The zero-order chi connectivity index (χ0) is 47.1. The number of halogens is 2. The highest BCUT2D eigenvalue weighted by molar-refractivity contribution is 6.35. The molecule has 0 saturated carbocycles. The third-order valence-corrected chi connectivity index (χ3v) is 9.20. The maximum atomic E-state index is 12.5. The number of hydrogen-bond acceptors (Lipinski definition) is 11. The van der Waals surface area contributed by atoms with E-state index in [1.807, 2.05) is 5.43 Å². The van der Waals surface area contributed by atoms with Crippen molar-refractivity contribution >= 4 is 69.6 Å². The number of anilines is 2. The predicted molar refractivity (Wildman–Crippen MR) is 234 cm³/mol. The molecule has 0 radical (unpaired) electrons. The van der Waals surface area contributed by atoms with Crippen molar-refractivity contribution < 1.29 is 45.3 Å². The van der Waals surface area contributed by atoms with Crippen LogP contribution in [0.4, 0.5) is 22.7 Å². The lowest BCUT2D eigenvalue weighted by Crippen LogP contribution is -2.52. The van der Waals surface area contributed by atoms with Gasteiger partial charge < -0.3 is 35.4 Å². The first-order valence-corrected chi connectivity index (χ1v) is 18.3. The molecule has 4 atom stereocenters. The second kappa shape index (κ2) is 26.1. The number of carbonyl (C=O) groups excluding carboxylic acids is 3. The van der Waals surface area contributed by atoms with Gasteiger partial charge in [0.05, 0.1) is 49.6 Å². The molecular formula is C42H46Cl2N8O9. The number of hydrazine groups is 2. The summed E-state index contributed by atoms with van der Waals surface area (Å²) in [6.45, 7) is 20.2. The number of nitrogens with two attached hydrogens (primary N) is 1. The van der Waals surface area contributed by atoms with Crippen LogP contribution in [0.1, 0.15) is 47.1 Å². The van der Waals surface area contributed by atoms with Crippen LogP contribution in [0, 0.1) is 39.8 Å². The van der Waals surface area contributed by atoms with Crippen molar-refractivity contribution in [1.29, 1.82) is 0 Å². The van der Waals surface area contributed by atoms with E-state index in [1.165, 1.54) is 39.5 Å². The van der Waals surface area contributed by atoms with Gasteiger partial charge in [-0.3, -0.25) is 30.7 Å². The Morgan fingerprint density at radius 3 is 1.43 bits per heavy atom. The first kappa shape index (κ1) is 50.1. The maximum absolute atomic E-state index is 12.5. The van der Waals surface area contributed by atoms with Gasteiger partial charge in [-0.05, 0) is 99.5 Å². The summed E-state index contributed by atoms with van der Waals surface area (Å²) in [6, 6.07) is 17.0. The van der Waals surface area contributed by atoms with Crippen molar-refractivity contribution in [3.8, 4) is 24.3 Å². The topological polar surface area (TPSA) is 242 Å². The van der Waals surface area contributed by atoms with Gasteiger partial charge in [-0.15, -0.1) is 12.8 Å². The molecule has 0 heterocycles. The van der Waals surface area contributed by atoms with E-state index in [1.54, 1.807) is 81.6 Å². The second-order valence-corrected chi connectivity index (χ2v) is 13.1. The average molecular weight is 879 g/mol. The second-order valence-electron chi connectivity index (χ2n) is 12.3. The molecule has 0 saturated heterocycles. The van der Waals surface area contributed by atoms with E-state index in [0.717, 1.165) is 0 Å². The van der Waals surface area contributed by atoms with Crippen molar-refractivity contribution in [2.45, 2.75) is 52.0 Å². The van der Waals surface area contributed by atoms with Crippen molar-refractivity contribution in [1.82, 2.24) is 16.3 Å². The molecule has 61 heavy (non-hydrogen) atoms. The Hall–Kier alpha value is -7.04. The van der Waals surface area contributed by atoms with Crippen molar-refractivity contribution in [3.63, 3.8) is 0 Å². The first-order valence-electron chi connectivity index (χ1n) is 18.1. The third-order valence-electron chi connectivity index (χ3n) is 8.24. The number of rotatable bonds is 12. The number of carbonyl (C=O) groups is 4. The Bertz CT molecular complexity index is 2280. The molecule has 322 valence electrons. The molecule has 0 aliphatic heterocycles. The molecule has 0 unspecified atom stereocenters. The van der Waals surface area contributed by atoms with Gasteiger partial charge in [0.15, 0.2) is 6.04 Å². The van der Waals surface area contributed by atoms with Gasteiger partial charge in [-0.2, -0.15) is 0 Å². The largest absolute Gasteiger partial charge is 0.497 e. The van der Waals surface area contributed by atoms with E-state index in [-0.39, 0.29) is 16.0 Å². The Labute approximate surface area is 365 Å². The van der Waals surface area contributed by atoms with E-state index >= 15 is 0 Å². The van der Waals surface area contributed by atoms with Crippen LogP contribution in [0.3, 0.4) is 0 Å². The Kier molecular flexibility index (Phi) is 21.5. The molecule has 3 amide bonds. The van der Waals surface area contributed by atoms with E-state index in [4.69, 9.17) is 58.1 Å². The number of aliphatic carboxylic acids is 1. The molecule has 0 fully saturated rings. The quantitative estimate of drug-likeness (QED) is 0.0269. The fourth-order valence-electron chi connectivity index (χ4n) is 4.79. The number of terminal acetylenes is 1. The molecule has 17 nitrogen and oxygen atoms in total. The van der Waals surface area contributed by atoms with Gasteiger partial charge in [-0.1, -0.05) is 35.3 Å². The van der Waals surface area contributed by atoms with Crippen molar-refractivity contribution in [3.05, 3.63) is 128 Å². The number of nitrogens with zero attached hydrogens (tertiary/aromatic N) is 2. The van der Waals surface area contributed by atoms with Crippen LogP contribution in [0.2, 0.25) is 10.0 Å². The van der Waals surface area contributed by atoms with Gasteiger partial charge in [0.1, 0.15) is 18.9 Å². The van der Waals surface area contributed by atoms with Gasteiger partial charge >= 0.3 is 5.97 Å². The molecule has 0 aliphatic carbocycles. The van der Waals surface area contributed by atoms with Crippen LogP contribution in [0.15, 0.2) is 72.8 Å². The third kappa shape index (κ3) is 15.6. The zero-order valence-corrected chi connectivity index (χ0v) is 35.3. The van der Waals surface area contributed by atoms with E-state index in [2.05, 4.69) is 37.6 Å². The molecule has 10 N–H and O–H groups in total. The van der Waals surface area contributed by atoms with Gasteiger partial charge in [0.2, 0.25) is 11.4 Å². The van der Waals surface area contributed by atoms with E-state index in [9.17, 15) is 29.4 Å². The standard InChI is InChI=1S/C20H21ClN4O4.C12H13ClN2O3.C8H10N2O2.C2H2/c1-11-15(9-10-16(22-3)17(11)21)23-18(12(2)26)20(28)25-24-19(27)13-5-7-14(29-4)8-6-13;1-6-8(4-5-9(14-3)10(6)13)15-11(7(2)16)12(17)18;1-12-7-4-2-6(3-5-7)8(11)10-9;1-2/h5-10,12,18,23,26H,1-2,4H3,(H,24,27)(H,25,28);4-5,7,11,15-16H,1-2H3,(H,17,18);2-5H,9H2,1H3,(H,10,11);1-2H/t12-,18+;7-,11+;;/m00../s1/i;;;1D. The summed E-state index contributed by atoms with van der Waals surface area (Å²) in [5.41, 5.74) is 10.2. The molecule has 4 aromatic rings. The van der Waals surface area contributed by atoms with Crippen LogP contribution in [0.5, 0.6) is 11.5 Å². The molecule has 0 bridgehead atoms. The van der Waals surface area contributed by atoms with Gasteiger partial charge in [-0.25, -0.2) is 20.3 Å². The maximum Gasteiger partial charge on any atom is 0.328 e. The zero-order valence-electron chi connectivity index (χ0n) is 34.8. The smallest absolute Gasteiger partial charge is 0.328 e. The molecular weight excluding hydrogens is 831 g/mol. The molecule has 4 aromatic carbocycles. The SMILES string of the molecule is COc1ccc(C(=O)NN)cc1.[2H]C#C.[C-]#[N+]c1ccc(N[C@@H](C(=O)NNC(=O)c2ccc(OC)cc2)[C@H](C)O)c(C)c1Cl.[C-]#[N+]c1ccc(N[C@@H](C(=O)O)[C@H](C)O)c(C)c1Cl. The Morgan fingerprint density at radius 2 is 1.10 bits per heavy atom. The van der Waals surface area contributed by atoms with Crippen molar-refractivity contribution in [2.24, 2.45) is 5.84 Å². The van der Waals surface area contributed by atoms with E-state index < -0.39 is 42.1 Å². The molecule has 0 aromatic heterocycles. The van der Waals surface area contributed by atoms with Crippen LogP contribution >= 0.6 is 23.2 Å². The minimum Gasteiger partial charge on any atom is -0.497 e. The number of nitrogens with one attached hydrogen (secondary N) is 5. The minimum absolute atomic E-state index is 0.266. The number of benzene rings is 4. The molecule has 19 heteroatoms. The summed E-state index contributed by atoms with van der Waals surface area (Å²) in [7, 11) is 3.08. The normalized spacial score (nSPS) is 11.8. The van der Waals surface area contributed by atoms with E-state index in [0.29, 0.717) is 56.5 Å². The molecule has 0 spiro atoms. The van der Waals surface area contributed by atoms with Crippen LogP contribution < -0.4 is 42.2 Å². The number of amides is 3. The number of methoxy groups -OCH3 is 2. The number of nitrogen functional groups attached to an aromatic ring is 1. The number of carboxylic acids is 1. The Morgan fingerprint density at radius 1 is 0.721 bits per heavy atom. The summed E-state index contributed by atoms with van der Waals surface area (Å²) in [5, 5.41) is 34.5. The van der Waals surface area contributed by atoms with Crippen molar-refractivity contribution in [2.75, 3.05) is 24.9 Å². The highest BCUT2D eigenvalue weighted by Gasteiger charge is 2.26. The monoisotopic (exact) mass is 877 g/mol. The average Bonchev–Trinajstić information content (AvgIpc) is 3.26. The fraction of sp³-hybridized carbons (Fsp3) is 0.238. The predicted octanol–water partition coefficient (Wildman–Crippen LogP) is 5.82. The summed E-state index contributed by atoms with van der Waals surface area (Å²) < 4.78 is 15.7. The first-order chi connectivity index (χ1) is 29.3. The van der Waals surface area contributed by atoms with Gasteiger partial charge in [0.25, 0.3) is 17.7 Å². The van der Waals surface area contributed by atoms with Gasteiger partial charge in [0, 0.05) is 22.5 Å². The minimum atomic E-state index is -1.16. The summed E-state index contributed by atoms with van der Waals surface area (Å²) >= 11 is 12.1. The lowest BCUT2D eigenvalue weighted by molar-refractivity contribution is -0.140. The number of aliphatic hydroxyl groups excluding tert-OH is 2. The number of aliphatic hydroxyl groups is 2. The lowest BCUT2D eigenvalue weighted by atomic mass is 10.1. The summed E-state index contributed by atoms with van der Waals surface area (Å²) in [4.78, 5) is 53.1. The van der Waals surface area contributed by atoms with Crippen LogP contribution in [-0.2, 0) is 9.59 Å². The molecule has 4 rings (SSSR count). The Balaban J connectivity index is 0.000000494. The van der Waals surface area contributed by atoms with Crippen LogP contribution in [-0.4, -0.2) is 77.5 Å². The highest BCUT2D eigenvalue weighted by Crippen LogP contribution is 2.34. The number of ether oxygens (including phenoxy) is 2. The number of hydrogen-bond donors (Lipinski definition) is 9. The highest BCUT2D eigenvalue weighted by atomic mass is 35.5. The summed E-state index contributed by atoms with van der Waals surface area (Å²) in [5.74, 6) is 3.62. The fourth-order valence-corrected chi connectivity index (χ4v) is 5.21.